The summed E-state index contributed by atoms with van der Waals surface area (Å²) in [6.45, 7) is -2.13. The number of halogens is 7. The molecule has 17 heteroatoms. The second-order valence-corrected chi connectivity index (χ2v) is 13.8. The molecule has 0 aromatic heterocycles. The number of hydrogen-bond acceptors (Lipinski definition) is 7. The number of benzene rings is 2. The third-order valence-electron chi connectivity index (χ3n) is 8.00. The lowest BCUT2D eigenvalue weighted by atomic mass is 9.93. The largest absolute Gasteiger partial charge is 0.484 e. The zero-order valence-electron chi connectivity index (χ0n) is 23.0. The Morgan fingerprint density at radius 1 is 1.04 bits per heavy atom. The molecule has 5 rings (SSSR count). The second-order valence-electron chi connectivity index (χ2n) is 11.2. The number of nitrogens with one attached hydrogen (secondary N) is 1. The van der Waals surface area contributed by atoms with E-state index in [9.17, 15) is 49.6 Å². The Hall–Kier alpha value is -3.71. The van der Waals surface area contributed by atoms with Crippen molar-refractivity contribution < 1.29 is 53.8 Å². The van der Waals surface area contributed by atoms with Gasteiger partial charge >= 0.3 is 18.4 Å². The molecule has 0 spiro atoms. The van der Waals surface area contributed by atoms with E-state index in [2.05, 4.69) is 10.1 Å². The first-order valence-electron chi connectivity index (χ1n) is 13.5. The molecule has 0 bridgehead atoms. The highest BCUT2D eigenvalue weighted by molar-refractivity contribution is 7.92. The summed E-state index contributed by atoms with van der Waals surface area (Å²) >= 11 is 6.14. The zero-order valence-corrected chi connectivity index (χ0v) is 24.6. The van der Waals surface area contributed by atoms with Crippen molar-refractivity contribution in [3.63, 3.8) is 0 Å². The van der Waals surface area contributed by atoms with Crippen LogP contribution in [-0.4, -0.2) is 61.7 Å². The Kier molecular flexibility index (Phi) is 8.18. The maximum absolute atomic E-state index is 13.9. The molecule has 9 nitrogen and oxygen atoms in total. The van der Waals surface area contributed by atoms with E-state index in [1.807, 2.05) is 6.07 Å². The maximum atomic E-state index is 13.9. The van der Waals surface area contributed by atoms with Gasteiger partial charge in [0.15, 0.2) is 22.7 Å². The summed E-state index contributed by atoms with van der Waals surface area (Å²) in [6.07, 6.45) is -11.0. The van der Waals surface area contributed by atoms with Crippen LogP contribution in [0.25, 0.3) is 0 Å². The number of carbonyl (C=O) groups is 2. The molecule has 242 valence electrons. The SMILES string of the molecule is N#CC1(NC(=O)O[C@H]2C[C@@H](S(=O)(=O)c3ccc(OCC(F)(F)F)cc3Cl)CN2C(=O)C2(c3ccc(C(F)(F)F)cc3)CC2)CC1. The third kappa shape index (κ3) is 6.79. The molecule has 2 amide bonds. The molecule has 3 fully saturated rings. The van der Waals surface area contributed by atoms with Crippen LogP contribution in [0.3, 0.4) is 0 Å². The van der Waals surface area contributed by atoms with Crippen LogP contribution in [0.2, 0.25) is 5.02 Å². The Bertz CT molecular complexity index is 1650. The molecule has 2 saturated carbocycles. The summed E-state index contributed by atoms with van der Waals surface area (Å²) in [4.78, 5) is 27.2. The normalized spacial score (nSPS) is 21.9. The molecule has 1 aliphatic heterocycles. The van der Waals surface area contributed by atoms with Gasteiger partial charge in [-0.1, -0.05) is 23.7 Å². The minimum absolute atomic E-state index is 0.243. The van der Waals surface area contributed by atoms with Crippen LogP contribution in [-0.2, 0) is 31.0 Å². The lowest BCUT2D eigenvalue weighted by molar-refractivity contribution is -0.153. The Balaban J connectivity index is 1.41. The first-order valence-corrected chi connectivity index (χ1v) is 15.4. The van der Waals surface area contributed by atoms with Crippen LogP contribution in [0.5, 0.6) is 5.75 Å². The van der Waals surface area contributed by atoms with Gasteiger partial charge in [0.05, 0.1) is 32.2 Å². The summed E-state index contributed by atoms with van der Waals surface area (Å²) in [6, 6.07) is 8.81. The van der Waals surface area contributed by atoms with Gasteiger partial charge < -0.3 is 19.7 Å². The summed E-state index contributed by atoms with van der Waals surface area (Å²) in [7, 11) is -4.40. The van der Waals surface area contributed by atoms with E-state index in [-0.39, 0.29) is 24.2 Å². The molecule has 2 aromatic carbocycles. The number of amides is 2. The molecule has 2 aromatic rings. The highest BCUT2D eigenvalue weighted by Crippen LogP contribution is 2.51. The molecule has 2 aliphatic carbocycles. The minimum atomic E-state index is -4.65. The van der Waals surface area contributed by atoms with E-state index in [1.165, 1.54) is 12.1 Å². The summed E-state index contributed by atoms with van der Waals surface area (Å²) in [5.74, 6) is -1.00. The van der Waals surface area contributed by atoms with Gasteiger partial charge in [0.25, 0.3) is 0 Å². The number of hydrogen-bond donors (Lipinski definition) is 1. The fourth-order valence-corrected chi connectivity index (χ4v) is 7.42. The first-order chi connectivity index (χ1) is 20.9. The summed E-state index contributed by atoms with van der Waals surface area (Å²) in [5.41, 5.74) is -3.07. The van der Waals surface area contributed by atoms with Crippen molar-refractivity contribution in [1.82, 2.24) is 10.2 Å². The van der Waals surface area contributed by atoms with E-state index in [0.29, 0.717) is 12.8 Å². The van der Waals surface area contributed by atoms with Crippen LogP contribution in [0, 0.1) is 11.3 Å². The van der Waals surface area contributed by atoms with Crippen molar-refractivity contribution in [1.29, 1.82) is 5.26 Å². The molecule has 1 heterocycles. The Labute approximate surface area is 257 Å². The monoisotopic (exact) mass is 679 g/mol. The first kappa shape index (κ1) is 32.7. The summed E-state index contributed by atoms with van der Waals surface area (Å²) in [5, 5.41) is 9.86. The van der Waals surface area contributed by atoms with Crippen LogP contribution >= 0.6 is 11.6 Å². The lowest BCUT2D eigenvalue weighted by Crippen LogP contribution is -2.47. The molecule has 1 N–H and O–H groups in total. The standard InChI is InChI=1S/C28H24ClF6N3O6S/c29-20-11-18(43-15-27(30,31)32)5-6-21(20)45(41,42)19-12-22(44-24(40)37-25(14-36)7-8-25)38(13-19)23(39)26(9-10-26)16-1-3-17(4-2-16)28(33,34)35/h1-6,11,19,22H,7-10,12-13,15H2,(H,37,40)/t19-,22+/m1/s1. The van der Waals surface area contributed by atoms with Crippen molar-refractivity contribution in [2.45, 2.75) is 71.8 Å². The number of nitrogens with zero attached hydrogens (tertiary/aromatic N) is 2. The van der Waals surface area contributed by atoms with Gasteiger partial charge in [0, 0.05) is 19.0 Å². The number of rotatable bonds is 8. The zero-order chi connectivity index (χ0) is 33.0. The van der Waals surface area contributed by atoms with Gasteiger partial charge in [0.2, 0.25) is 5.91 Å². The quantitative estimate of drug-likeness (QED) is 0.365. The van der Waals surface area contributed by atoms with E-state index < -0.39 is 91.7 Å². The Morgan fingerprint density at radius 2 is 1.69 bits per heavy atom. The average Bonchev–Trinajstić information content (AvgIpc) is 3.88. The minimum Gasteiger partial charge on any atom is -0.484 e. The molecule has 45 heavy (non-hydrogen) atoms. The predicted octanol–water partition coefficient (Wildman–Crippen LogP) is 5.51. The van der Waals surface area contributed by atoms with Crippen molar-refractivity contribution >= 4 is 33.4 Å². The van der Waals surface area contributed by atoms with Crippen molar-refractivity contribution in [2.75, 3.05) is 13.2 Å². The number of likely N-dealkylation sites (tertiary alicyclic amines) is 1. The van der Waals surface area contributed by atoms with Crippen molar-refractivity contribution in [3.8, 4) is 11.8 Å². The number of nitriles is 1. The molecule has 0 unspecified atom stereocenters. The van der Waals surface area contributed by atoms with E-state index in [0.717, 1.165) is 35.2 Å². The van der Waals surface area contributed by atoms with E-state index in [1.54, 1.807) is 0 Å². The van der Waals surface area contributed by atoms with Crippen molar-refractivity contribution in [3.05, 3.63) is 58.6 Å². The lowest BCUT2D eigenvalue weighted by Gasteiger charge is -2.29. The van der Waals surface area contributed by atoms with Gasteiger partial charge in [-0.25, -0.2) is 13.2 Å². The van der Waals surface area contributed by atoms with Crippen LogP contribution < -0.4 is 10.1 Å². The van der Waals surface area contributed by atoms with Gasteiger partial charge in [-0.3, -0.25) is 4.79 Å². The maximum Gasteiger partial charge on any atom is 0.422 e. The number of sulfone groups is 1. The smallest absolute Gasteiger partial charge is 0.422 e. The summed E-state index contributed by atoms with van der Waals surface area (Å²) < 4.78 is 114. The van der Waals surface area contributed by atoms with Gasteiger partial charge in [-0.2, -0.15) is 31.6 Å². The molecule has 1 saturated heterocycles. The fraction of sp³-hybridized carbons (Fsp3) is 0.464. The molecule has 3 aliphatic rings. The number of alkyl carbamates (subject to hydrolysis) is 1. The van der Waals surface area contributed by atoms with Gasteiger partial charge in [-0.15, -0.1) is 0 Å². The topological polar surface area (TPSA) is 126 Å². The van der Waals surface area contributed by atoms with E-state index >= 15 is 0 Å². The predicted molar refractivity (Wildman–Crippen MR) is 144 cm³/mol. The molecular weight excluding hydrogens is 656 g/mol. The highest BCUT2D eigenvalue weighted by atomic mass is 35.5. The second kappa shape index (κ2) is 11.3. The number of alkyl halides is 6. The highest BCUT2D eigenvalue weighted by Gasteiger charge is 2.57. The van der Waals surface area contributed by atoms with Gasteiger partial charge in [-0.05, 0) is 55.5 Å². The number of carbonyl (C=O) groups excluding carboxylic acids is 2. The molecular formula is C28H24ClF6N3O6S. The van der Waals surface area contributed by atoms with Gasteiger partial charge in [0.1, 0.15) is 11.3 Å². The Morgan fingerprint density at radius 3 is 2.20 bits per heavy atom. The van der Waals surface area contributed by atoms with Crippen LogP contribution in [0.1, 0.15) is 43.2 Å². The van der Waals surface area contributed by atoms with Crippen LogP contribution in [0.15, 0.2) is 47.4 Å². The van der Waals surface area contributed by atoms with Crippen LogP contribution in [0.4, 0.5) is 31.1 Å². The molecule has 0 radical (unpaired) electrons. The molecule has 2 atom stereocenters. The van der Waals surface area contributed by atoms with Crippen molar-refractivity contribution in [2.24, 2.45) is 0 Å². The fourth-order valence-electron chi connectivity index (χ4n) is 5.20. The number of ether oxygens (including phenoxy) is 2. The van der Waals surface area contributed by atoms with E-state index in [4.69, 9.17) is 16.3 Å². The third-order valence-corrected chi connectivity index (χ3v) is 10.6. The average molecular weight is 680 g/mol.